The van der Waals surface area contributed by atoms with E-state index in [0.717, 1.165) is 16.7 Å². The molecule has 0 aliphatic carbocycles. The maximum Gasteiger partial charge on any atom is 0.293 e. The van der Waals surface area contributed by atoms with Gasteiger partial charge >= 0.3 is 0 Å². The molecule has 2 heterocycles. The minimum absolute atomic E-state index is 0.0485. The first kappa shape index (κ1) is 16.9. The maximum atomic E-state index is 13.4. The molecule has 1 aliphatic heterocycles. The Balaban J connectivity index is 2.04. The van der Waals surface area contributed by atoms with Crippen molar-refractivity contribution in [1.82, 2.24) is 0 Å². The first-order chi connectivity index (χ1) is 12.4. The second-order valence-electron chi connectivity index (χ2n) is 7.46. The number of hydrogen-bond donors (Lipinski definition) is 1. The molecular formula is C22H22O4. The molecule has 1 aliphatic rings. The number of fused-ring (bicyclic) bond motifs is 2. The molecule has 2 aromatic carbocycles. The molecule has 4 rings (SSSR count). The molecule has 4 heteroatoms. The SMILES string of the molecule is Cc1cc(C)c2c(=O)c3c(oc2c1)O[C@@](C)(CO)C[C@@H]3c1ccccc1. The predicted octanol–water partition coefficient (Wildman–Crippen LogP) is 4.08. The Bertz CT molecular complexity index is 1040. The van der Waals surface area contributed by atoms with Crippen molar-refractivity contribution in [2.75, 3.05) is 6.61 Å². The van der Waals surface area contributed by atoms with Crippen LogP contribution in [-0.4, -0.2) is 17.3 Å². The molecule has 0 bridgehead atoms. The average Bonchev–Trinajstić information content (AvgIpc) is 2.61. The van der Waals surface area contributed by atoms with Gasteiger partial charge in [-0.05, 0) is 43.5 Å². The monoisotopic (exact) mass is 350 g/mol. The van der Waals surface area contributed by atoms with Crippen molar-refractivity contribution in [1.29, 1.82) is 0 Å². The lowest BCUT2D eigenvalue weighted by molar-refractivity contribution is -0.0160. The van der Waals surface area contributed by atoms with Crippen molar-refractivity contribution in [3.63, 3.8) is 0 Å². The van der Waals surface area contributed by atoms with E-state index in [0.29, 0.717) is 23.0 Å². The van der Waals surface area contributed by atoms with Crippen LogP contribution in [-0.2, 0) is 0 Å². The van der Waals surface area contributed by atoms with Crippen molar-refractivity contribution in [3.8, 4) is 5.95 Å². The molecule has 1 N–H and O–H groups in total. The highest BCUT2D eigenvalue weighted by atomic mass is 16.6. The Morgan fingerprint density at radius 3 is 2.62 bits per heavy atom. The molecular weight excluding hydrogens is 328 g/mol. The van der Waals surface area contributed by atoms with Crippen molar-refractivity contribution in [2.45, 2.75) is 38.7 Å². The smallest absolute Gasteiger partial charge is 0.293 e. The van der Waals surface area contributed by atoms with Crippen LogP contribution in [0.25, 0.3) is 11.0 Å². The standard InChI is InChI=1S/C22H22O4/c1-13-9-14(2)18-17(10-13)25-21-19(20(18)24)16(11-22(3,12-23)26-21)15-7-5-4-6-8-15/h4-10,16,23H,11-12H2,1-3H3/t16-,22-/m1/s1. The molecule has 26 heavy (non-hydrogen) atoms. The van der Waals surface area contributed by atoms with Crippen LogP contribution in [0.1, 0.15) is 41.5 Å². The second kappa shape index (κ2) is 5.99. The summed E-state index contributed by atoms with van der Waals surface area (Å²) in [4.78, 5) is 13.4. The maximum absolute atomic E-state index is 13.4. The van der Waals surface area contributed by atoms with Gasteiger partial charge in [0.05, 0.1) is 17.6 Å². The van der Waals surface area contributed by atoms with Crippen LogP contribution in [0.4, 0.5) is 0 Å². The normalized spacial score (nSPS) is 22.1. The number of rotatable bonds is 2. The summed E-state index contributed by atoms with van der Waals surface area (Å²) in [5.41, 5.74) is 3.18. The van der Waals surface area contributed by atoms with Gasteiger partial charge in [-0.25, -0.2) is 0 Å². The highest BCUT2D eigenvalue weighted by Crippen LogP contribution is 2.44. The molecule has 0 saturated heterocycles. The highest BCUT2D eigenvalue weighted by Gasteiger charge is 2.41. The van der Waals surface area contributed by atoms with Gasteiger partial charge in [-0.15, -0.1) is 0 Å². The Morgan fingerprint density at radius 1 is 1.19 bits per heavy atom. The summed E-state index contributed by atoms with van der Waals surface area (Å²) < 4.78 is 12.0. The van der Waals surface area contributed by atoms with Crippen molar-refractivity contribution >= 4 is 11.0 Å². The van der Waals surface area contributed by atoms with E-state index in [2.05, 4.69) is 0 Å². The predicted molar refractivity (Wildman–Crippen MR) is 101 cm³/mol. The van der Waals surface area contributed by atoms with Crippen molar-refractivity contribution < 1.29 is 14.3 Å². The van der Waals surface area contributed by atoms with Gasteiger partial charge in [0.1, 0.15) is 11.2 Å². The fourth-order valence-electron chi connectivity index (χ4n) is 3.92. The molecule has 0 fully saturated rings. The minimum atomic E-state index is -0.796. The van der Waals surface area contributed by atoms with E-state index in [4.69, 9.17) is 9.15 Å². The lowest BCUT2D eigenvalue weighted by Crippen LogP contribution is -2.43. The summed E-state index contributed by atoms with van der Waals surface area (Å²) >= 11 is 0. The van der Waals surface area contributed by atoms with Crippen LogP contribution in [0.15, 0.2) is 51.7 Å². The van der Waals surface area contributed by atoms with Crippen LogP contribution in [0.3, 0.4) is 0 Å². The molecule has 0 spiro atoms. The number of benzene rings is 2. The van der Waals surface area contributed by atoms with Crippen molar-refractivity contribution in [2.24, 2.45) is 0 Å². The number of aryl methyl sites for hydroxylation is 2. The van der Waals surface area contributed by atoms with Gasteiger partial charge < -0.3 is 14.3 Å². The zero-order valence-corrected chi connectivity index (χ0v) is 15.2. The van der Waals surface area contributed by atoms with Crippen LogP contribution in [0.2, 0.25) is 0 Å². The van der Waals surface area contributed by atoms with E-state index in [1.54, 1.807) is 0 Å². The fraction of sp³-hybridized carbons (Fsp3) is 0.318. The van der Waals surface area contributed by atoms with Gasteiger partial charge in [-0.2, -0.15) is 0 Å². The average molecular weight is 350 g/mol. The second-order valence-corrected chi connectivity index (χ2v) is 7.46. The van der Waals surface area contributed by atoms with Gasteiger partial charge in [-0.3, -0.25) is 4.79 Å². The van der Waals surface area contributed by atoms with E-state index >= 15 is 0 Å². The Kier molecular flexibility index (Phi) is 3.88. The quantitative estimate of drug-likeness (QED) is 0.757. The van der Waals surface area contributed by atoms with E-state index < -0.39 is 5.60 Å². The number of ether oxygens (including phenoxy) is 1. The Morgan fingerprint density at radius 2 is 1.92 bits per heavy atom. The van der Waals surface area contributed by atoms with Crippen LogP contribution >= 0.6 is 0 Å². The van der Waals surface area contributed by atoms with Crippen LogP contribution in [0, 0.1) is 13.8 Å². The summed E-state index contributed by atoms with van der Waals surface area (Å²) in [7, 11) is 0. The third-order valence-corrected chi connectivity index (χ3v) is 5.20. The van der Waals surface area contributed by atoms with E-state index in [1.165, 1.54) is 0 Å². The number of aliphatic hydroxyl groups is 1. The number of hydrogen-bond acceptors (Lipinski definition) is 4. The topological polar surface area (TPSA) is 59.7 Å². The lowest BCUT2D eigenvalue weighted by atomic mass is 9.80. The molecule has 2 atom stereocenters. The van der Waals surface area contributed by atoms with Gasteiger partial charge in [-0.1, -0.05) is 36.4 Å². The fourth-order valence-corrected chi connectivity index (χ4v) is 3.92. The van der Waals surface area contributed by atoms with Gasteiger partial charge in [0, 0.05) is 12.3 Å². The van der Waals surface area contributed by atoms with E-state index in [1.807, 2.05) is 63.2 Å². The molecule has 0 saturated carbocycles. The number of aliphatic hydroxyl groups excluding tert-OH is 1. The summed E-state index contributed by atoms with van der Waals surface area (Å²) in [6, 6.07) is 13.7. The van der Waals surface area contributed by atoms with Crippen molar-refractivity contribution in [3.05, 3.63) is 74.9 Å². The first-order valence-electron chi connectivity index (χ1n) is 8.84. The molecule has 0 unspecified atom stereocenters. The highest BCUT2D eigenvalue weighted by molar-refractivity contribution is 5.82. The molecule has 0 radical (unpaired) electrons. The van der Waals surface area contributed by atoms with E-state index in [9.17, 15) is 9.90 Å². The summed E-state index contributed by atoms with van der Waals surface area (Å²) in [5, 5.41) is 10.5. The minimum Gasteiger partial charge on any atom is -0.456 e. The zero-order valence-electron chi connectivity index (χ0n) is 15.2. The molecule has 0 amide bonds. The Labute approximate surface area is 152 Å². The van der Waals surface area contributed by atoms with Gasteiger partial charge in [0.25, 0.3) is 5.95 Å². The van der Waals surface area contributed by atoms with E-state index in [-0.39, 0.29) is 23.9 Å². The largest absolute Gasteiger partial charge is 0.456 e. The third kappa shape index (κ3) is 2.61. The molecule has 3 aromatic rings. The zero-order chi connectivity index (χ0) is 18.5. The molecule has 4 nitrogen and oxygen atoms in total. The van der Waals surface area contributed by atoms with Crippen LogP contribution in [0.5, 0.6) is 5.95 Å². The summed E-state index contributed by atoms with van der Waals surface area (Å²) in [6.45, 7) is 5.59. The molecule has 134 valence electrons. The summed E-state index contributed by atoms with van der Waals surface area (Å²) in [6.07, 6.45) is 0.516. The van der Waals surface area contributed by atoms with Gasteiger partial charge in [0.2, 0.25) is 5.43 Å². The summed E-state index contributed by atoms with van der Waals surface area (Å²) in [5.74, 6) is 0.0441. The van der Waals surface area contributed by atoms with Crippen LogP contribution < -0.4 is 10.2 Å². The first-order valence-corrected chi connectivity index (χ1v) is 8.84. The third-order valence-electron chi connectivity index (χ3n) is 5.20. The molecule has 1 aromatic heterocycles. The Hall–Kier alpha value is -2.59. The lowest BCUT2D eigenvalue weighted by Gasteiger charge is -2.37. The van der Waals surface area contributed by atoms with Gasteiger partial charge in [0.15, 0.2) is 0 Å².